The van der Waals surface area contributed by atoms with E-state index in [4.69, 9.17) is 0 Å². The average Bonchev–Trinajstić information content (AvgIpc) is 2.47. The first kappa shape index (κ1) is 13.1. The van der Waals surface area contributed by atoms with Crippen LogP contribution in [0.2, 0.25) is 0 Å². The normalized spacial score (nSPS) is 10.7. The molecule has 0 aliphatic heterocycles. The van der Waals surface area contributed by atoms with Gasteiger partial charge in [0.2, 0.25) is 0 Å². The zero-order chi connectivity index (χ0) is 14.1. The molecule has 0 spiro atoms. The highest BCUT2D eigenvalue weighted by atomic mass is 79.9. The predicted octanol–water partition coefficient (Wildman–Crippen LogP) is 5.14. The van der Waals surface area contributed by atoms with Crippen molar-refractivity contribution in [2.75, 3.05) is 0 Å². The molecule has 0 unspecified atom stereocenters. The maximum atomic E-state index is 12.7. The van der Waals surface area contributed by atoms with Crippen LogP contribution >= 0.6 is 15.9 Å². The van der Waals surface area contributed by atoms with Crippen LogP contribution in [0, 0.1) is 6.92 Å². The Morgan fingerprint density at radius 1 is 0.900 bits per heavy atom. The molecule has 0 saturated heterocycles. The van der Waals surface area contributed by atoms with Crippen molar-refractivity contribution in [1.29, 1.82) is 0 Å². The van der Waals surface area contributed by atoms with Crippen LogP contribution < -0.4 is 0 Å². The first-order valence-corrected chi connectivity index (χ1v) is 7.25. The quantitative estimate of drug-likeness (QED) is 0.596. The molecule has 2 heteroatoms. The monoisotopic (exact) mass is 324 g/mol. The zero-order valence-electron chi connectivity index (χ0n) is 11.1. The van der Waals surface area contributed by atoms with Crippen molar-refractivity contribution in [2.24, 2.45) is 0 Å². The highest BCUT2D eigenvalue weighted by molar-refractivity contribution is 9.10. The lowest BCUT2D eigenvalue weighted by Gasteiger charge is -2.08. The standard InChI is InChI=1S/C18H13BrO/c1-12-9-10-17(16-8-3-2-7-15(12)16)18(20)13-5-4-6-14(19)11-13/h2-11H,1H3. The molecule has 0 atom stereocenters. The van der Waals surface area contributed by atoms with Gasteiger partial charge in [-0.2, -0.15) is 0 Å². The Labute approximate surface area is 126 Å². The molecular weight excluding hydrogens is 312 g/mol. The number of carbonyl (C=O) groups excluding carboxylic acids is 1. The maximum Gasteiger partial charge on any atom is 0.193 e. The summed E-state index contributed by atoms with van der Waals surface area (Å²) in [6, 6.07) is 19.5. The first-order valence-electron chi connectivity index (χ1n) is 6.45. The minimum atomic E-state index is 0.0579. The van der Waals surface area contributed by atoms with E-state index < -0.39 is 0 Å². The molecule has 0 aromatic heterocycles. The van der Waals surface area contributed by atoms with Crippen LogP contribution in [-0.2, 0) is 0 Å². The average molecular weight is 325 g/mol. The van der Waals surface area contributed by atoms with Gasteiger partial charge in [-0.1, -0.05) is 64.5 Å². The molecule has 0 aliphatic rings. The summed E-state index contributed by atoms with van der Waals surface area (Å²) in [5.74, 6) is 0.0579. The highest BCUT2D eigenvalue weighted by Crippen LogP contribution is 2.25. The van der Waals surface area contributed by atoms with Crippen molar-refractivity contribution < 1.29 is 4.79 Å². The fourth-order valence-electron chi connectivity index (χ4n) is 2.43. The van der Waals surface area contributed by atoms with Crippen LogP contribution in [0.3, 0.4) is 0 Å². The zero-order valence-corrected chi connectivity index (χ0v) is 12.6. The van der Waals surface area contributed by atoms with Crippen molar-refractivity contribution in [1.82, 2.24) is 0 Å². The van der Waals surface area contributed by atoms with Gasteiger partial charge in [-0.05, 0) is 35.4 Å². The second-order valence-corrected chi connectivity index (χ2v) is 5.73. The molecular formula is C18H13BrO. The van der Waals surface area contributed by atoms with Crippen LogP contribution in [0.15, 0.2) is 65.1 Å². The lowest BCUT2D eigenvalue weighted by molar-refractivity contribution is 0.104. The van der Waals surface area contributed by atoms with Crippen LogP contribution in [0.1, 0.15) is 21.5 Å². The molecule has 0 heterocycles. The first-order chi connectivity index (χ1) is 9.66. The fraction of sp³-hybridized carbons (Fsp3) is 0.0556. The van der Waals surface area contributed by atoms with Crippen molar-refractivity contribution in [3.8, 4) is 0 Å². The lowest BCUT2D eigenvalue weighted by atomic mass is 9.95. The third kappa shape index (κ3) is 2.27. The van der Waals surface area contributed by atoms with Gasteiger partial charge in [-0.25, -0.2) is 0 Å². The molecule has 0 N–H and O–H groups in total. The molecule has 3 aromatic rings. The Hall–Kier alpha value is -1.93. The van der Waals surface area contributed by atoms with E-state index >= 15 is 0 Å². The van der Waals surface area contributed by atoms with Gasteiger partial charge in [0.05, 0.1) is 0 Å². The fourth-order valence-corrected chi connectivity index (χ4v) is 2.83. The third-order valence-corrected chi connectivity index (χ3v) is 3.97. The van der Waals surface area contributed by atoms with Gasteiger partial charge in [0, 0.05) is 15.6 Å². The lowest BCUT2D eigenvalue weighted by Crippen LogP contribution is -2.02. The van der Waals surface area contributed by atoms with E-state index in [0.717, 1.165) is 20.8 Å². The number of halogens is 1. The van der Waals surface area contributed by atoms with E-state index in [1.54, 1.807) is 0 Å². The summed E-state index contributed by atoms with van der Waals surface area (Å²) < 4.78 is 0.916. The van der Waals surface area contributed by atoms with Gasteiger partial charge in [0.1, 0.15) is 0 Å². The molecule has 0 fully saturated rings. The minimum absolute atomic E-state index is 0.0579. The van der Waals surface area contributed by atoms with Crippen LogP contribution in [0.5, 0.6) is 0 Å². The van der Waals surface area contributed by atoms with Crippen LogP contribution in [0.4, 0.5) is 0 Å². The Morgan fingerprint density at radius 2 is 1.65 bits per heavy atom. The molecule has 20 heavy (non-hydrogen) atoms. The Balaban J connectivity index is 2.20. The summed E-state index contributed by atoms with van der Waals surface area (Å²) in [5.41, 5.74) is 2.64. The predicted molar refractivity (Wildman–Crippen MR) is 86.3 cm³/mol. The van der Waals surface area contributed by atoms with Crippen molar-refractivity contribution in [2.45, 2.75) is 6.92 Å². The maximum absolute atomic E-state index is 12.7. The molecule has 0 amide bonds. The Morgan fingerprint density at radius 3 is 2.40 bits per heavy atom. The number of rotatable bonds is 2. The van der Waals surface area contributed by atoms with Gasteiger partial charge in [-0.3, -0.25) is 4.79 Å². The molecule has 0 aliphatic carbocycles. The summed E-state index contributed by atoms with van der Waals surface area (Å²) in [6.07, 6.45) is 0. The topological polar surface area (TPSA) is 17.1 Å². The van der Waals surface area contributed by atoms with Crippen molar-refractivity contribution in [3.05, 3.63) is 81.8 Å². The van der Waals surface area contributed by atoms with E-state index in [1.165, 1.54) is 5.56 Å². The largest absolute Gasteiger partial charge is 0.289 e. The van der Waals surface area contributed by atoms with Gasteiger partial charge < -0.3 is 0 Å². The van der Waals surface area contributed by atoms with Crippen molar-refractivity contribution >= 4 is 32.5 Å². The van der Waals surface area contributed by atoms with E-state index in [2.05, 4.69) is 28.9 Å². The highest BCUT2D eigenvalue weighted by Gasteiger charge is 2.13. The summed E-state index contributed by atoms with van der Waals surface area (Å²) in [4.78, 5) is 12.7. The van der Waals surface area contributed by atoms with Crippen LogP contribution in [-0.4, -0.2) is 5.78 Å². The number of hydrogen-bond acceptors (Lipinski definition) is 1. The van der Waals surface area contributed by atoms with E-state index in [9.17, 15) is 4.79 Å². The van der Waals surface area contributed by atoms with Crippen molar-refractivity contribution in [3.63, 3.8) is 0 Å². The molecule has 0 bridgehead atoms. The summed E-state index contributed by atoms with van der Waals surface area (Å²) in [7, 11) is 0. The Kier molecular flexibility index (Phi) is 3.41. The summed E-state index contributed by atoms with van der Waals surface area (Å²) in [6.45, 7) is 2.07. The molecule has 3 rings (SSSR count). The SMILES string of the molecule is Cc1ccc(C(=O)c2cccc(Br)c2)c2ccccc12. The number of ketones is 1. The number of hydrogen-bond donors (Lipinski definition) is 0. The Bertz CT molecular complexity index is 805. The van der Waals surface area contributed by atoms with Crippen LogP contribution in [0.25, 0.3) is 10.8 Å². The number of aryl methyl sites for hydroxylation is 1. The second kappa shape index (κ2) is 5.22. The summed E-state index contributed by atoms with van der Waals surface area (Å²) in [5, 5.41) is 2.14. The van der Waals surface area contributed by atoms with Gasteiger partial charge in [0.15, 0.2) is 5.78 Å². The second-order valence-electron chi connectivity index (χ2n) is 4.82. The molecule has 3 aromatic carbocycles. The minimum Gasteiger partial charge on any atom is -0.289 e. The van der Waals surface area contributed by atoms with Gasteiger partial charge in [-0.15, -0.1) is 0 Å². The smallest absolute Gasteiger partial charge is 0.193 e. The molecule has 0 radical (unpaired) electrons. The summed E-state index contributed by atoms with van der Waals surface area (Å²) >= 11 is 3.41. The number of carbonyl (C=O) groups is 1. The van der Waals surface area contributed by atoms with E-state index in [-0.39, 0.29) is 5.78 Å². The van der Waals surface area contributed by atoms with E-state index in [0.29, 0.717) is 5.56 Å². The molecule has 98 valence electrons. The van der Waals surface area contributed by atoms with Gasteiger partial charge in [0.25, 0.3) is 0 Å². The van der Waals surface area contributed by atoms with E-state index in [1.807, 2.05) is 54.6 Å². The molecule has 0 saturated carbocycles. The number of benzene rings is 3. The molecule has 1 nitrogen and oxygen atoms in total. The third-order valence-electron chi connectivity index (χ3n) is 3.47. The number of fused-ring (bicyclic) bond motifs is 1. The van der Waals surface area contributed by atoms with Gasteiger partial charge >= 0.3 is 0 Å².